The van der Waals surface area contributed by atoms with E-state index in [-0.39, 0.29) is 5.75 Å². The molecule has 0 amide bonds. The molecule has 2 heterocycles. The fourth-order valence-corrected chi connectivity index (χ4v) is 2.61. The van der Waals surface area contributed by atoms with Crippen LogP contribution in [0.4, 0.5) is 5.82 Å². The van der Waals surface area contributed by atoms with Gasteiger partial charge in [0.1, 0.15) is 11.6 Å². The fraction of sp³-hybridized carbons (Fsp3) is 0.357. The molecular weight excluding hydrogens is 226 g/mol. The van der Waals surface area contributed by atoms with Gasteiger partial charge in [-0.15, -0.1) is 0 Å². The minimum atomic E-state index is 0.284. The molecule has 3 rings (SSSR count). The number of anilines is 1. The van der Waals surface area contributed by atoms with Crippen molar-refractivity contribution in [3.05, 3.63) is 30.5 Å². The molecule has 1 saturated heterocycles. The van der Waals surface area contributed by atoms with E-state index in [2.05, 4.69) is 9.88 Å². The van der Waals surface area contributed by atoms with E-state index in [0.717, 1.165) is 42.6 Å². The number of rotatable bonds is 2. The molecule has 1 fully saturated rings. The lowest BCUT2D eigenvalue weighted by atomic mass is 10.1. The molecule has 1 unspecified atom stereocenters. The van der Waals surface area contributed by atoms with Gasteiger partial charge in [-0.25, -0.2) is 4.98 Å². The van der Waals surface area contributed by atoms with Gasteiger partial charge in [0, 0.05) is 24.7 Å². The quantitative estimate of drug-likeness (QED) is 0.843. The number of aromatic nitrogens is 1. The average molecular weight is 243 g/mol. The Morgan fingerprint density at radius 2 is 2.28 bits per heavy atom. The highest BCUT2D eigenvalue weighted by Crippen LogP contribution is 2.30. The number of pyridine rings is 1. The molecule has 4 nitrogen and oxygen atoms in total. The van der Waals surface area contributed by atoms with E-state index in [9.17, 15) is 5.11 Å². The molecular formula is C14H17N3O. The lowest BCUT2D eigenvalue weighted by molar-refractivity contribution is 0.476. The van der Waals surface area contributed by atoms with E-state index in [1.165, 1.54) is 0 Å². The summed E-state index contributed by atoms with van der Waals surface area (Å²) in [6, 6.07) is 7.38. The number of nitrogens with two attached hydrogens (primary N) is 1. The highest BCUT2D eigenvalue weighted by Gasteiger charge is 2.23. The summed E-state index contributed by atoms with van der Waals surface area (Å²) in [6.45, 7) is 2.68. The van der Waals surface area contributed by atoms with Crippen LogP contribution in [0.3, 0.4) is 0 Å². The third-order valence-corrected chi connectivity index (χ3v) is 3.65. The first-order valence-corrected chi connectivity index (χ1v) is 6.30. The van der Waals surface area contributed by atoms with Gasteiger partial charge >= 0.3 is 0 Å². The van der Waals surface area contributed by atoms with Crippen molar-refractivity contribution in [2.45, 2.75) is 6.42 Å². The predicted molar refractivity (Wildman–Crippen MR) is 72.8 cm³/mol. The number of fused-ring (bicyclic) bond motifs is 1. The van der Waals surface area contributed by atoms with Gasteiger partial charge in [-0.05, 0) is 42.5 Å². The zero-order valence-electron chi connectivity index (χ0n) is 10.2. The predicted octanol–water partition coefficient (Wildman–Crippen LogP) is 1.73. The molecule has 18 heavy (non-hydrogen) atoms. The molecule has 0 radical (unpaired) electrons. The lowest BCUT2D eigenvalue weighted by Crippen LogP contribution is -2.23. The largest absolute Gasteiger partial charge is 0.508 e. The number of aromatic hydroxyl groups is 1. The Balaban J connectivity index is 2.04. The van der Waals surface area contributed by atoms with Crippen LogP contribution in [0.5, 0.6) is 5.75 Å². The number of phenolic OH excluding ortho intramolecular Hbond substituents is 1. The smallest absolute Gasteiger partial charge is 0.136 e. The van der Waals surface area contributed by atoms with Gasteiger partial charge in [-0.2, -0.15) is 0 Å². The van der Waals surface area contributed by atoms with Crippen molar-refractivity contribution in [1.29, 1.82) is 0 Å². The summed E-state index contributed by atoms with van der Waals surface area (Å²) < 4.78 is 0. The molecule has 1 aliphatic rings. The van der Waals surface area contributed by atoms with E-state index >= 15 is 0 Å². The highest BCUT2D eigenvalue weighted by molar-refractivity contribution is 5.93. The lowest BCUT2D eigenvalue weighted by Gasteiger charge is -2.19. The minimum absolute atomic E-state index is 0.284. The first-order chi connectivity index (χ1) is 8.78. The van der Waals surface area contributed by atoms with Crippen LogP contribution in [0, 0.1) is 5.92 Å². The zero-order valence-corrected chi connectivity index (χ0v) is 10.2. The van der Waals surface area contributed by atoms with Crippen molar-refractivity contribution in [3.8, 4) is 5.75 Å². The van der Waals surface area contributed by atoms with Crippen LogP contribution in [-0.2, 0) is 0 Å². The summed E-state index contributed by atoms with van der Waals surface area (Å²) in [6.07, 6.45) is 2.94. The molecule has 0 spiro atoms. The number of hydrogen-bond acceptors (Lipinski definition) is 4. The highest BCUT2D eigenvalue weighted by atomic mass is 16.3. The van der Waals surface area contributed by atoms with E-state index in [4.69, 9.17) is 5.73 Å². The average Bonchev–Trinajstić information content (AvgIpc) is 2.86. The molecule has 0 saturated carbocycles. The Morgan fingerprint density at radius 3 is 3.06 bits per heavy atom. The molecule has 0 aliphatic carbocycles. The minimum Gasteiger partial charge on any atom is -0.508 e. The number of benzene rings is 1. The molecule has 1 aromatic heterocycles. The normalized spacial score (nSPS) is 19.6. The summed E-state index contributed by atoms with van der Waals surface area (Å²) in [5.74, 6) is 1.80. The maximum absolute atomic E-state index is 9.63. The zero-order chi connectivity index (χ0) is 12.5. The molecule has 4 heteroatoms. The van der Waals surface area contributed by atoms with Gasteiger partial charge in [-0.1, -0.05) is 6.07 Å². The van der Waals surface area contributed by atoms with E-state index in [1.807, 2.05) is 18.3 Å². The summed E-state index contributed by atoms with van der Waals surface area (Å²) in [5, 5.41) is 11.7. The number of hydrogen-bond donors (Lipinski definition) is 2. The van der Waals surface area contributed by atoms with Crippen molar-refractivity contribution in [2.24, 2.45) is 11.7 Å². The SMILES string of the molecule is NCC1CCN(c2nccc3ccc(O)cc23)C1. The van der Waals surface area contributed by atoms with Gasteiger partial charge in [0.2, 0.25) is 0 Å². The second-order valence-electron chi connectivity index (χ2n) is 4.88. The monoisotopic (exact) mass is 243 g/mol. The Hall–Kier alpha value is -1.81. The molecule has 1 aromatic carbocycles. The van der Waals surface area contributed by atoms with Gasteiger partial charge in [0.15, 0.2) is 0 Å². The first kappa shape index (κ1) is 11.3. The Labute approximate surface area is 106 Å². The van der Waals surface area contributed by atoms with Gasteiger partial charge < -0.3 is 15.7 Å². The first-order valence-electron chi connectivity index (χ1n) is 6.30. The molecule has 94 valence electrons. The molecule has 0 bridgehead atoms. The van der Waals surface area contributed by atoms with Gasteiger partial charge in [0.25, 0.3) is 0 Å². The van der Waals surface area contributed by atoms with E-state index in [0.29, 0.717) is 5.92 Å². The van der Waals surface area contributed by atoms with Crippen LogP contribution in [0.2, 0.25) is 0 Å². The van der Waals surface area contributed by atoms with Gasteiger partial charge in [0.05, 0.1) is 0 Å². The second-order valence-corrected chi connectivity index (χ2v) is 4.88. The summed E-state index contributed by atoms with van der Waals surface area (Å²) in [4.78, 5) is 6.74. The van der Waals surface area contributed by atoms with Crippen LogP contribution < -0.4 is 10.6 Å². The molecule has 3 N–H and O–H groups in total. The summed E-state index contributed by atoms with van der Waals surface area (Å²) in [5.41, 5.74) is 5.72. The Morgan fingerprint density at radius 1 is 1.39 bits per heavy atom. The van der Waals surface area contributed by atoms with Crippen LogP contribution in [0.25, 0.3) is 10.8 Å². The van der Waals surface area contributed by atoms with E-state index in [1.54, 1.807) is 12.1 Å². The van der Waals surface area contributed by atoms with Crippen LogP contribution in [0.15, 0.2) is 30.5 Å². The number of nitrogens with zero attached hydrogens (tertiary/aromatic N) is 2. The molecule has 1 aliphatic heterocycles. The fourth-order valence-electron chi connectivity index (χ4n) is 2.61. The third-order valence-electron chi connectivity index (χ3n) is 3.65. The van der Waals surface area contributed by atoms with Crippen LogP contribution >= 0.6 is 0 Å². The van der Waals surface area contributed by atoms with E-state index < -0.39 is 0 Å². The second kappa shape index (κ2) is 4.46. The maximum Gasteiger partial charge on any atom is 0.136 e. The van der Waals surface area contributed by atoms with Crippen LogP contribution in [-0.4, -0.2) is 29.7 Å². The molecule has 2 aromatic rings. The van der Waals surface area contributed by atoms with Crippen LogP contribution in [0.1, 0.15) is 6.42 Å². The third kappa shape index (κ3) is 1.88. The number of phenols is 1. The van der Waals surface area contributed by atoms with Crippen molar-refractivity contribution in [3.63, 3.8) is 0 Å². The Kier molecular flexibility index (Phi) is 2.80. The summed E-state index contributed by atoms with van der Waals surface area (Å²) >= 11 is 0. The molecule has 1 atom stereocenters. The standard InChI is InChI=1S/C14H17N3O/c15-8-10-4-6-17(9-10)14-13-7-12(18)2-1-11(13)3-5-16-14/h1-3,5,7,10,18H,4,6,8-9,15H2. The van der Waals surface area contributed by atoms with Crippen molar-refractivity contribution in [2.75, 3.05) is 24.5 Å². The topological polar surface area (TPSA) is 62.4 Å². The van der Waals surface area contributed by atoms with Crippen molar-refractivity contribution in [1.82, 2.24) is 4.98 Å². The maximum atomic E-state index is 9.63. The Bertz CT molecular complexity index is 570. The van der Waals surface area contributed by atoms with Crippen molar-refractivity contribution < 1.29 is 5.11 Å². The van der Waals surface area contributed by atoms with Crippen molar-refractivity contribution >= 4 is 16.6 Å². The van der Waals surface area contributed by atoms with Gasteiger partial charge in [-0.3, -0.25) is 0 Å². The summed E-state index contributed by atoms with van der Waals surface area (Å²) in [7, 11) is 0.